The zero-order chi connectivity index (χ0) is 57.8. The van der Waals surface area contributed by atoms with Gasteiger partial charge in [-0.15, -0.1) is 0 Å². The molecule has 0 bridgehead atoms. The van der Waals surface area contributed by atoms with Crippen molar-refractivity contribution in [3.63, 3.8) is 0 Å². The van der Waals surface area contributed by atoms with Crippen molar-refractivity contribution in [3.05, 3.63) is 69.8 Å². The van der Waals surface area contributed by atoms with E-state index in [4.69, 9.17) is 22.9 Å². The number of carbonyl (C=O) groups is 8. The summed E-state index contributed by atoms with van der Waals surface area (Å²) in [6, 6.07) is 4.51. The molecular formula is C50H80N16O11. The summed E-state index contributed by atoms with van der Waals surface area (Å²) in [7, 11) is 2.94. The van der Waals surface area contributed by atoms with Crippen LogP contribution in [0.4, 0.5) is 5.69 Å². The van der Waals surface area contributed by atoms with Crippen molar-refractivity contribution in [1.29, 1.82) is 0 Å². The number of nitrogens with one attached hydrogen (secondary N) is 8. The first-order chi connectivity index (χ1) is 36.3. The minimum absolute atomic E-state index is 0.00264. The Labute approximate surface area is 448 Å². The first-order valence-electron chi connectivity index (χ1n) is 25.4. The van der Waals surface area contributed by atoms with Gasteiger partial charge in [0.1, 0.15) is 36.0 Å². The van der Waals surface area contributed by atoms with Crippen LogP contribution in [-0.4, -0.2) is 157 Å². The second-order valence-electron chi connectivity index (χ2n) is 19.2. The molecule has 0 radical (unpaired) electrons. The van der Waals surface area contributed by atoms with E-state index < -0.39 is 102 Å². The number of nitro groups is 1. The Kier molecular flexibility index (Phi) is 28.5. The van der Waals surface area contributed by atoms with Crippen LogP contribution in [-0.2, 0) is 51.2 Å². The van der Waals surface area contributed by atoms with Crippen LogP contribution in [0.15, 0.2) is 58.5 Å². The van der Waals surface area contributed by atoms with Crippen molar-refractivity contribution in [3.8, 4) is 5.75 Å². The number of rotatable bonds is 34. The van der Waals surface area contributed by atoms with Gasteiger partial charge >= 0.3 is 0 Å². The van der Waals surface area contributed by atoms with Gasteiger partial charge in [-0.25, -0.2) is 0 Å². The highest BCUT2D eigenvalue weighted by molar-refractivity contribution is 5.97. The van der Waals surface area contributed by atoms with E-state index in [1.54, 1.807) is 40.0 Å². The standard InChI is InChI=1S/C50H80N16O11/c1-8-56-44(71)37(23-29(2)3)64-47(74)40(12-10-22-58-50(53)54)65(7)48(75)35(11-9-21-57-49(51)52)62-45(72)38(24-30(4)5)63-46(73)39(26-31-13-17-33(18-14-31)66(76)77)61-42(69)28-59-41(68)27-60-43(70)36(55-6)25-32-15-19-34(67)20-16-32/h13-20,29-30,35-40,55,67H,8-12,21-28H2,1-7H3,(H,56,71)(H,59,68)(H,60,70)(H,61,69)(H,62,72)(H,63,73)(H,64,74)(H4,51,52,57)(H4,53,54,58). The third kappa shape index (κ3) is 24.9. The van der Waals surface area contributed by atoms with Crippen molar-refractivity contribution >= 4 is 64.9 Å². The molecule has 77 heavy (non-hydrogen) atoms. The maximum Gasteiger partial charge on any atom is 0.269 e. The lowest BCUT2D eigenvalue weighted by Crippen LogP contribution is -2.60. The van der Waals surface area contributed by atoms with Crippen LogP contribution in [0.3, 0.4) is 0 Å². The number of hydrogen-bond donors (Lipinski definition) is 13. The van der Waals surface area contributed by atoms with Crippen molar-refractivity contribution in [1.82, 2.24) is 47.4 Å². The number of benzene rings is 2. The molecule has 17 N–H and O–H groups in total. The maximum absolute atomic E-state index is 14.6. The molecule has 8 amide bonds. The average Bonchev–Trinajstić information content (AvgIpc) is 3.36. The highest BCUT2D eigenvalue weighted by atomic mass is 16.6. The Morgan fingerprint density at radius 2 is 1.08 bits per heavy atom. The molecular weight excluding hydrogens is 1000 g/mol. The smallest absolute Gasteiger partial charge is 0.269 e. The SMILES string of the molecule is CCNC(=O)C(CC(C)C)NC(=O)C(CCCN=C(N)N)N(C)C(=O)C(CCCN=C(N)N)NC(=O)C(CC(C)C)NC(=O)C(Cc1ccc([N+](=O)[O-])cc1)NC(=O)CNC(=O)CNC(=O)C(Cc1ccc(O)cc1)NC. The summed E-state index contributed by atoms with van der Waals surface area (Å²) >= 11 is 0. The Morgan fingerprint density at radius 3 is 1.60 bits per heavy atom. The number of nitrogens with two attached hydrogens (primary N) is 4. The van der Waals surface area contributed by atoms with Crippen molar-refractivity contribution in [2.75, 3.05) is 46.8 Å². The summed E-state index contributed by atoms with van der Waals surface area (Å²) in [6.45, 7) is 8.41. The van der Waals surface area contributed by atoms with Crippen LogP contribution in [0.5, 0.6) is 5.75 Å². The first kappa shape index (κ1) is 65.0. The van der Waals surface area contributed by atoms with Gasteiger partial charge in [-0.05, 0) is 94.0 Å². The van der Waals surface area contributed by atoms with Gasteiger partial charge < -0.3 is 75.5 Å². The molecule has 2 aromatic carbocycles. The van der Waals surface area contributed by atoms with Crippen LogP contribution >= 0.6 is 0 Å². The average molecular weight is 1080 g/mol. The van der Waals surface area contributed by atoms with E-state index in [9.17, 15) is 53.6 Å². The van der Waals surface area contributed by atoms with Crippen molar-refractivity contribution in [2.24, 2.45) is 44.8 Å². The quantitative estimate of drug-likeness (QED) is 0.0119. The second-order valence-corrected chi connectivity index (χ2v) is 19.2. The zero-order valence-corrected chi connectivity index (χ0v) is 45.1. The van der Waals surface area contributed by atoms with Crippen LogP contribution in [0, 0.1) is 22.0 Å². The molecule has 27 heteroatoms. The predicted octanol–water partition coefficient (Wildman–Crippen LogP) is -1.99. The fourth-order valence-corrected chi connectivity index (χ4v) is 7.84. The number of amides is 8. The van der Waals surface area contributed by atoms with Gasteiger partial charge in [0.25, 0.3) is 5.69 Å². The van der Waals surface area contributed by atoms with E-state index in [2.05, 4.69) is 52.5 Å². The molecule has 0 fully saturated rings. The van der Waals surface area contributed by atoms with E-state index in [1.807, 2.05) is 13.8 Å². The number of nitrogens with zero attached hydrogens (tertiary/aromatic N) is 4. The third-order valence-electron chi connectivity index (χ3n) is 11.8. The highest BCUT2D eigenvalue weighted by Crippen LogP contribution is 2.17. The number of non-ortho nitro benzene ring substituents is 1. The Bertz CT molecular complexity index is 2340. The zero-order valence-electron chi connectivity index (χ0n) is 45.1. The minimum atomic E-state index is -1.43. The van der Waals surface area contributed by atoms with Gasteiger partial charge in [-0.1, -0.05) is 52.0 Å². The lowest BCUT2D eigenvalue weighted by molar-refractivity contribution is -0.384. The molecule has 426 valence electrons. The van der Waals surface area contributed by atoms with Crippen molar-refractivity contribution < 1.29 is 48.4 Å². The van der Waals surface area contributed by atoms with Crippen molar-refractivity contribution in [2.45, 2.75) is 122 Å². The summed E-state index contributed by atoms with van der Waals surface area (Å²) in [5.41, 5.74) is 23.1. The lowest BCUT2D eigenvalue weighted by atomic mass is 9.99. The molecule has 0 aliphatic heterocycles. The summed E-state index contributed by atoms with van der Waals surface area (Å²) in [5, 5.41) is 42.3. The third-order valence-corrected chi connectivity index (χ3v) is 11.8. The number of aromatic hydroxyl groups is 1. The molecule has 0 aromatic heterocycles. The molecule has 2 rings (SSSR count). The molecule has 0 aliphatic rings. The number of phenolic OH excluding ortho intramolecular Hbond substituents is 1. The van der Waals surface area contributed by atoms with Gasteiger partial charge in [0, 0.05) is 45.2 Å². The Morgan fingerprint density at radius 1 is 0.610 bits per heavy atom. The van der Waals surface area contributed by atoms with Gasteiger partial charge in [0.2, 0.25) is 47.3 Å². The van der Waals surface area contributed by atoms with E-state index in [0.29, 0.717) is 18.5 Å². The fraction of sp³-hybridized carbons (Fsp3) is 0.560. The van der Waals surface area contributed by atoms with Crippen LogP contribution < -0.4 is 65.5 Å². The number of phenols is 1. The molecule has 0 heterocycles. The number of guanidine groups is 2. The number of likely N-dealkylation sites (N-methyl/N-ethyl adjacent to an activating group) is 3. The molecule has 0 saturated heterocycles. The maximum atomic E-state index is 14.6. The number of nitro benzene ring substituents is 1. The van der Waals surface area contributed by atoms with E-state index in [0.717, 1.165) is 10.5 Å². The Balaban J connectivity index is 2.43. The summed E-state index contributed by atoms with van der Waals surface area (Å²) in [6.07, 6.45) is 0.725. The van der Waals surface area contributed by atoms with Gasteiger partial charge in [-0.3, -0.25) is 58.5 Å². The second kappa shape index (κ2) is 33.7. The van der Waals surface area contributed by atoms with Gasteiger partial charge in [-0.2, -0.15) is 0 Å². The summed E-state index contributed by atoms with van der Waals surface area (Å²) in [5.74, 6) is -6.09. The molecule has 6 unspecified atom stereocenters. The minimum Gasteiger partial charge on any atom is -0.508 e. The first-order valence-corrected chi connectivity index (χ1v) is 25.4. The molecule has 2 aromatic rings. The largest absolute Gasteiger partial charge is 0.508 e. The monoisotopic (exact) mass is 1080 g/mol. The number of carbonyl (C=O) groups excluding carboxylic acids is 8. The molecule has 0 saturated carbocycles. The van der Waals surface area contributed by atoms with Gasteiger partial charge in [0.05, 0.1) is 24.1 Å². The van der Waals surface area contributed by atoms with Crippen LogP contribution in [0.1, 0.15) is 84.3 Å². The summed E-state index contributed by atoms with van der Waals surface area (Å²) < 4.78 is 0. The van der Waals surface area contributed by atoms with Crippen LogP contribution in [0.25, 0.3) is 0 Å². The normalized spacial score (nSPS) is 13.3. The van der Waals surface area contributed by atoms with E-state index in [-0.39, 0.29) is 93.2 Å². The predicted molar refractivity (Wildman–Crippen MR) is 289 cm³/mol. The van der Waals surface area contributed by atoms with Crippen LogP contribution in [0.2, 0.25) is 0 Å². The Hall–Kier alpha value is -8.10. The molecule has 0 aliphatic carbocycles. The topological polar surface area (TPSA) is 428 Å². The summed E-state index contributed by atoms with van der Waals surface area (Å²) in [4.78, 5) is 130. The highest BCUT2D eigenvalue weighted by Gasteiger charge is 2.36. The van der Waals surface area contributed by atoms with Gasteiger partial charge in [0.15, 0.2) is 11.9 Å². The molecule has 0 spiro atoms. The number of hydrogen-bond acceptors (Lipinski definition) is 14. The molecule has 6 atom stereocenters. The number of aliphatic imine (C=N–C) groups is 2. The molecule has 27 nitrogen and oxygen atoms in total. The lowest BCUT2D eigenvalue weighted by Gasteiger charge is -2.33. The fourth-order valence-electron chi connectivity index (χ4n) is 7.84. The van der Waals surface area contributed by atoms with E-state index >= 15 is 0 Å². The van der Waals surface area contributed by atoms with E-state index in [1.165, 1.54) is 43.4 Å².